The number of likely N-dealkylation sites (tertiary alicyclic amines) is 1. The Bertz CT molecular complexity index is 1110. The second kappa shape index (κ2) is 7.35. The number of aryl methyl sites for hydroxylation is 4. The number of amides is 1. The van der Waals surface area contributed by atoms with Gasteiger partial charge < -0.3 is 4.90 Å². The zero-order valence-electron chi connectivity index (χ0n) is 17.1. The van der Waals surface area contributed by atoms with E-state index in [1.807, 2.05) is 26.8 Å². The summed E-state index contributed by atoms with van der Waals surface area (Å²) in [5, 5.41) is 4.33. The molecule has 0 atom stereocenters. The molecule has 3 aromatic rings. The number of hydrogen-bond donors (Lipinski definition) is 0. The van der Waals surface area contributed by atoms with Crippen LogP contribution in [0.25, 0.3) is 5.65 Å². The summed E-state index contributed by atoms with van der Waals surface area (Å²) >= 11 is 0. The van der Waals surface area contributed by atoms with Crippen molar-refractivity contribution in [3.8, 4) is 0 Å². The van der Waals surface area contributed by atoms with Gasteiger partial charge in [-0.1, -0.05) is 0 Å². The highest BCUT2D eigenvalue weighted by Gasteiger charge is 2.31. The first-order chi connectivity index (χ1) is 13.8. The van der Waals surface area contributed by atoms with E-state index in [2.05, 4.69) is 20.1 Å². The van der Waals surface area contributed by atoms with Crippen molar-refractivity contribution >= 4 is 17.3 Å². The second-order valence-corrected chi connectivity index (χ2v) is 7.68. The fraction of sp³-hybridized carbons (Fsp3) is 0.429. The van der Waals surface area contributed by atoms with Crippen LogP contribution in [0.1, 0.15) is 56.5 Å². The highest BCUT2D eigenvalue weighted by Crippen LogP contribution is 2.25. The molecule has 1 amide bonds. The van der Waals surface area contributed by atoms with Gasteiger partial charge >= 0.3 is 0 Å². The van der Waals surface area contributed by atoms with E-state index in [-0.39, 0.29) is 17.6 Å². The molecule has 4 rings (SSSR count). The van der Waals surface area contributed by atoms with Crippen LogP contribution in [0.5, 0.6) is 0 Å². The lowest BCUT2D eigenvalue weighted by Gasteiger charge is -2.31. The van der Waals surface area contributed by atoms with Gasteiger partial charge in [0.2, 0.25) is 0 Å². The predicted molar refractivity (Wildman–Crippen MR) is 107 cm³/mol. The Balaban J connectivity index is 1.48. The van der Waals surface area contributed by atoms with Crippen LogP contribution in [-0.2, 0) is 0 Å². The Morgan fingerprint density at radius 3 is 2.41 bits per heavy atom. The van der Waals surface area contributed by atoms with Crippen LogP contribution < -0.4 is 0 Å². The highest BCUT2D eigenvalue weighted by atomic mass is 16.2. The van der Waals surface area contributed by atoms with Crippen molar-refractivity contribution in [2.24, 2.45) is 5.92 Å². The zero-order valence-corrected chi connectivity index (χ0v) is 17.1. The Kier molecular flexibility index (Phi) is 4.86. The number of hydrogen-bond acceptors (Lipinski definition) is 6. The van der Waals surface area contributed by atoms with Crippen molar-refractivity contribution in [3.05, 3.63) is 52.5 Å². The zero-order chi connectivity index (χ0) is 20.7. The fourth-order valence-corrected chi connectivity index (χ4v) is 3.97. The summed E-state index contributed by atoms with van der Waals surface area (Å²) in [5.74, 6) is 0.498. The average Bonchev–Trinajstić information content (AvgIpc) is 3.11. The normalized spacial score (nSPS) is 15.1. The molecule has 0 aromatic carbocycles. The molecule has 1 aliphatic heterocycles. The van der Waals surface area contributed by atoms with Gasteiger partial charge in [-0.3, -0.25) is 9.59 Å². The van der Waals surface area contributed by atoms with E-state index >= 15 is 0 Å². The van der Waals surface area contributed by atoms with Crippen molar-refractivity contribution in [1.82, 2.24) is 29.5 Å². The smallest absolute Gasteiger partial charge is 0.257 e. The molecule has 0 bridgehead atoms. The summed E-state index contributed by atoms with van der Waals surface area (Å²) in [6.07, 6.45) is 4.45. The van der Waals surface area contributed by atoms with Crippen LogP contribution in [0.4, 0.5) is 0 Å². The molecular formula is C21H24N6O2. The molecule has 0 N–H and O–H groups in total. The Morgan fingerprint density at radius 1 is 1.00 bits per heavy atom. The van der Waals surface area contributed by atoms with E-state index in [0.717, 1.165) is 11.4 Å². The van der Waals surface area contributed by atoms with Gasteiger partial charge in [0.15, 0.2) is 11.4 Å². The quantitative estimate of drug-likeness (QED) is 0.636. The van der Waals surface area contributed by atoms with Crippen molar-refractivity contribution < 1.29 is 9.59 Å². The first kappa shape index (κ1) is 19.2. The topological polar surface area (TPSA) is 93.4 Å². The third-order valence-corrected chi connectivity index (χ3v) is 5.53. The molecule has 1 saturated heterocycles. The lowest BCUT2D eigenvalue weighted by molar-refractivity contribution is 0.0649. The minimum atomic E-state index is -0.134. The largest absolute Gasteiger partial charge is 0.338 e. The minimum Gasteiger partial charge on any atom is -0.338 e. The monoisotopic (exact) mass is 392 g/mol. The van der Waals surface area contributed by atoms with Crippen molar-refractivity contribution in [3.63, 3.8) is 0 Å². The number of aromatic nitrogens is 5. The molecule has 0 unspecified atom stereocenters. The summed E-state index contributed by atoms with van der Waals surface area (Å²) in [7, 11) is 0. The molecule has 29 heavy (non-hydrogen) atoms. The molecule has 150 valence electrons. The molecular weight excluding hydrogens is 368 g/mol. The number of nitrogens with zero attached hydrogens (tertiary/aromatic N) is 6. The fourth-order valence-electron chi connectivity index (χ4n) is 3.97. The van der Waals surface area contributed by atoms with Gasteiger partial charge in [0.25, 0.3) is 5.91 Å². The van der Waals surface area contributed by atoms with Gasteiger partial charge in [-0.25, -0.2) is 19.5 Å². The third-order valence-electron chi connectivity index (χ3n) is 5.53. The first-order valence-corrected chi connectivity index (χ1v) is 9.81. The number of rotatable bonds is 3. The summed E-state index contributed by atoms with van der Waals surface area (Å²) in [6, 6.07) is 1.94. The lowest BCUT2D eigenvalue weighted by Crippen LogP contribution is -2.40. The van der Waals surface area contributed by atoms with Crippen molar-refractivity contribution in [1.29, 1.82) is 0 Å². The maximum atomic E-state index is 13.1. The molecule has 4 heterocycles. The summed E-state index contributed by atoms with van der Waals surface area (Å²) in [6.45, 7) is 8.55. The maximum Gasteiger partial charge on any atom is 0.257 e. The second-order valence-electron chi connectivity index (χ2n) is 7.68. The van der Waals surface area contributed by atoms with E-state index < -0.39 is 0 Å². The van der Waals surface area contributed by atoms with Gasteiger partial charge in [-0.15, -0.1) is 0 Å². The predicted octanol–water partition coefficient (Wildman–Crippen LogP) is 2.49. The van der Waals surface area contributed by atoms with Crippen molar-refractivity contribution in [2.45, 2.75) is 40.5 Å². The third kappa shape index (κ3) is 3.50. The number of carbonyl (C=O) groups excluding carboxylic acids is 2. The van der Waals surface area contributed by atoms with E-state index in [9.17, 15) is 9.59 Å². The van der Waals surface area contributed by atoms with Gasteiger partial charge in [-0.05, 0) is 46.6 Å². The summed E-state index contributed by atoms with van der Waals surface area (Å²) < 4.78 is 1.71. The van der Waals surface area contributed by atoms with E-state index in [4.69, 9.17) is 0 Å². The molecule has 3 aromatic heterocycles. The number of fused-ring (bicyclic) bond motifs is 1. The molecule has 0 aliphatic carbocycles. The molecule has 1 aliphatic rings. The van der Waals surface area contributed by atoms with E-state index in [1.165, 1.54) is 0 Å². The lowest BCUT2D eigenvalue weighted by atomic mass is 9.89. The average molecular weight is 392 g/mol. The van der Waals surface area contributed by atoms with Crippen LogP contribution in [0.2, 0.25) is 0 Å². The highest BCUT2D eigenvalue weighted by molar-refractivity contribution is 6.03. The van der Waals surface area contributed by atoms with E-state index in [0.29, 0.717) is 54.2 Å². The van der Waals surface area contributed by atoms with Gasteiger partial charge in [0, 0.05) is 36.6 Å². The van der Waals surface area contributed by atoms with Crippen LogP contribution in [0, 0.1) is 33.6 Å². The summed E-state index contributed by atoms with van der Waals surface area (Å²) in [4.78, 5) is 40.7. The van der Waals surface area contributed by atoms with Gasteiger partial charge in [-0.2, -0.15) is 5.10 Å². The van der Waals surface area contributed by atoms with E-state index in [1.54, 1.807) is 28.7 Å². The number of carbonyl (C=O) groups is 2. The molecule has 0 spiro atoms. The molecule has 8 nitrogen and oxygen atoms in total. The number of ketones is 1. The SMILES string of the molecule is Cc1cc(C)n2ncc(C(=O)C3CCN(C(=O)c4cnc(C)nc4C)CC3)c2n1. The number of piperidine rings is 1. The molecule has 1 fully saturated rings. The Hall–Kier alpha value is -3.16. The van der Waals surface area contributed by atoms with Crippen LogP contribution >= 0.6 is 0 Å². The molecule has 0 radical (unpaired) electrons. The molecule has 8 heteroatoms. The van der Waals surface area contributed by atoms with Gasteiger partial charge in [0.1, 0.15) is 5.82 Å². The van der Waals surface area contributed by atoms with Crippen LogP contribution in [0.15, 0.2) is 18.5 Å². The van der Waals surface area contributed by atoms with Crippen LogP contribution in [-0.4, -0.2) is 54.2 Å². The maximum absolute atomic E-state index is 13.1. The first-order valence-electron chi connectivity index (χ1n) is 9.81. The summed E-state index contributed by atoms with van der Waals surface area (Å²) in [5.41, 5.74) is 4.19. The standard InChI is InChI=1S/C21H24N6O2/c1-12-9-13(2)27-20(24-12)18(11-23-27)19(28)16-5-7-26(8-6-16)21(29)17-10-22-15(4)25-14(17)3/h9-11,16H,5-8H2,1-4H3. The van der Waals surface area contributed by atoms with Crippen LogP contribution in [0.3, 0.4) is 0 Å². The minimum absolute atomic E-state index is 0.0550. The van der Waals surface area contributed by atoms with Crippen molar-refractivity contribution in [2.75, 3.05) is 13.1 Å². The Labute approximate surface area is 169 Å². The molecule has 0 saturated carbocycles. The van der Waals surface area contributed by atoms with Gasteiger partial charge in [0.05, 0.1) is 23.0 Å². The Morgan fingerprint density at radius 2 is 1.72 bits per heavy atom. The number of Topliss-reactive ketones (excluding diaryl/α,β-unsaturated/α-hetero) is 1.